The average Bonchev–Trinajstić information content (AvgIpc) is 2.14. The minimum absolute atomic E-state index is 0.331. The zero-order valence-electron chi connectivity index (χ0n) is 4.59. The Hall–Kier alpha value is -0.570. The van der Waals surface area contributed by atoms with Crippen molar-refractivity contribution in [2.24, 2.45) is 0 Å². The molecule has 1 aromatic heterocycles. The summed E-state index contributed by atoms with van der Waals surface area (Å²) in [5.74, 6) is 0.331. The molecule has 0 amide bonds. The van der Waals surface area contributed by atoms with Crippen LogP contribution in [-0.4, -0.2) is 9.48 Å². The molecule has 0 fully saturated rings. The Morgan fingerprint density at radius 3 is 2.88 bits per heavy atom. The second-order valence-corrected chi connectivity index (χ2v) is 2.37. The van der Waals surface area contributed by atoms with Crippen LogP contribution in [0.15, 0.2) is 6.20 Å². The van der Waals surface area contributed by atoms with E-state index < -0.39 is 0 Å². The summed E-state index contributed by atoms with van der Waals surface area (Å²) < 4.78 is 3.78. The van der Waals surface area contributed by atoms with Crippen LogP contribution in [-0.2, 0) is 6.42 Å². The normalized spacial score (nSPS) is 9.62. The van der Waals surface area contributed by atoms with E-state index in [0.717, 1.165) is 11.3 Å². The fourth-order valence-electron chi connectivity index (χ4n) is 0.504. The SMILES string of the molecule is CCc1sncc1O. The molecular formula is C5H7NOS. The average molecular weight is 129 g/mol. The fraction of sp³-hybridized carbons (Fsp3) is 0.400. The molecule has 3 heteroatoms. The Morgan fingerprint density at radius 1 is 1.88 bits per heavy atom. The van der Waals surface area contributed by atoms with E-state index in [2.05, 4.69) is 4.37 Å². The number of hydrogen-bond donors (Lipinski definition) is 1. The summed E-state index contributed by atoms with van der Waals surface area (Å²) in [5.41, 5.74) is 0. The summed E-state index contributed by atoms with van der Waals surface area (Å²) in [6, 6.07) is 0. The Balaban J connectivity index is 2.92. The van der Waals surface area contributed by atoms with Gasteiger partial charge in [-0.2, -0.15) is 4.37 Å². The van der Waals surface area contributed by atoms with Crippen LogP contribution in [0.2, 0.25) is 0 Å². The number of aryl methyl sites for hydroxylation is 1. The van der Waals surface area contributed by atoms with Crippen LogP contribution in [0.3, 0.4) is 0 Å². The number of hydrogen-bond acceptors (Lipinski definition) is 3. The van der Waals surface area contributed by atoms with Gasteiger partial charge in [-0.3, -0.25) is 0 Å². The van der Waals surface area contributed by atoms with Gasteiger partial charge in [0.1, 0.15) is 5.75 Å². The maximum absolute atomic E-state index is 8.90. The zero-order valence-corrected chi connectivity index (χ0v) is 5.40. The first-order chi connectivity index (χ1) is 3.84. The van der Waals surface area contributed by atoms with Crippen molar-refractivity contribution in [3.05, 3.63) is 11.1 Å². The van der Waals surface area contributed by atoms with Crippen molar-refractivity contribution in [1.82, 2.24) is 4.37 Å². The molecule has 0 saturated heterocycles. The molecule has 0 spiro atoms. The van der Waals surface area contributed by atoms with E-state index in [4.69, 9.17) is 5.11 Å². The predicted octanol–water partition coefficient (Wildman–Crippen LogP) is 1.41. The van der Waals surface area contributed by atoms with E-state index in [-0.39, 0.29) is 0 Å². The largest absolute Gasteiger partial charge is 0.505 e. The Morgan fingerprint density at radius 2 is 2.62 bits per heavy atom. The van der Waals surface area contributed by atoms with Gasteiger partial charge in [0.25, 0.3) is 0 Å². The Bertz CT molecular complexity index is 173. The van der Waals surface area contributed by atoms with Crippen molar-refractivity contribution in [1.29, 1.82) is 0 Å². The summed E-state index contributed by atoms with van der Waals surface area (Å²) in [7, 11) is 0. The van der Waals surface area contributed by atoms with E-state index in [1.165, 1.54) is 17.7 Å². The molecule has 1 rings (SSSR count). The zero-order chi connectivity index (χ0) is 5.98. The minimum Gasteiger partial charge on any atom is -0.505 e. The molecule has 0 atom stereocenters. The highest BCUT2D eigenvalue weighted by Gasteiger charge is 1.97. The highest BCUT2D eigenvalue weighted by Crippen LogP contribution is 2.19. The van der Waals surface area contributed by atoms with Crippen molar-refractivity contribution in [3.8, 4) is 5.75 Å². The van der Waals surface area contributed by atoms with Gasteiger partial charge >= 0.3 is 0 Å². The first-order valence-corrected chi connectivity index (χ1v) is 3.24. The van der Waals surface area contributed by atoms with Gasteiger partial charge in [-0.1, -0.05) is 6.92 Å². The molecule has 0 unspecified atom stereocenters. The summed E-state index contributed by atoms with van der Waals surface area (Å²) in [6.07, 6.45) is 2.35. The standard InChI is InChI=1S/C5H7NOS/c1-2-5-4(7)3-6-8-5/h3,7H,2H2,1H3. The quantitative estimate of drug-likeness (QED) is 0.622. The third kappa shape index (κ3) is 0.816. The van der Waals surface area contributed by atoms with E-state index in [0.29, 0.717) is 5.75 Å². The second-order valence-electron chi connectivity index (χ2n) is 1.49. The van der Waals surface area contributed by atoms with Crippen molar-refractivity contribution >= 4 is 11.5 Å². The van der Waals surface area contributed by atoms with Gasteiger partial charge in [0.2, 0.25) is 0 Å². The first kappa shape index (κ1) is 5.56. The number of nitrogens with zero attached hydrogens (tertiary/aromatic N) is 1. The van der Waals surface area contributed by atoms with Crippen molar-refractivity contribution in [3.63, 3.8) is 0 Å². The molecule has 0 aliphatic carbocycles. The smallest absolute Gasteiger partial charge is 0.149 e. The molecule has 1 N–H and O–H groups in total. The molecule has 0 aromatic carbocycles. The van der Waals surface area contributed by atoms with Crippen LogP contribution in [0.1, 0.15) is 11.8 Å². The van der Waals surface area contributed by atoms with E-state index >= 15 is 0 Å². The maximum atomic E-state index is 8.90. The Kier molecular flexibility index (Phi) is 1.48. The highest BCUT2D eigenvalue weighted by molar-refractivity contribution is 7.06. The second kappa shape index (κ2) is 2.13. The topological polar surface area (TPSA) is 33.1 Å². The first-order valence-electron chi connectivity index (χ1n) is 2.47. The lowest BCUT2D eigenvalue weighted by Crippen LogP contribution is -1.67. The van der Waals surface area contributed by atoms with E-state index in [1.807, 2.05) is 6.92 Å². The minimum atomic E-state index is 0.331. The van der Waals surface area contributed by atoms with Gasteiger partial charge < -0.3 is 5.11 Å². The highest BCUT2D eigenvalue weighted by atomic mass is 32.1. The molecule has 44 valence electrons. The molecule has 2 nitrogen and oxygen atoms in total. The van der Waals surface area contributed by atoms with Gasteiger partial charge in [-0.05, 0) is 18.0 Å². The maximum Gasteiger partial charge on any atom is 0.149 e. The summed E-state index contributed by atoms with van der Waals surface area (Å²) >= 11 is 1.35. The summed E-state index contributed by atoms with van der Waals surface area (Å²) in [4.78, 5) is 0.963. The Labute approximate surface area is 52.0 Å². The summed E-state index contributed by atoms with van der Waals surface area (Å²) in [5, 5.41) is 8.90. The van der Waals surface area contributed by atoms with Crippen molar-refractivity contribution in [2.75, 3.05) is 0 Å². The predicted molar refractivity (Wildman–Crippen MR) is 33.2 cm³/mol. The molecule has 0 radical (unpaired) electrons. The molecule has 1 heterocycles. The van der Waals surface area contributed by atoms with Crippen molar-refractivity contribution in [2.45, 2.75) is 13.3 Å². The van der Waals surface area contributed by atoms with Crippen LogP contribution in [0.4, 0.5) is 0 Å². The lowest BCUT2D eigenvalue weighted by molar-refractivity contribution is 0.471. The summed E-state index contributed by atoms with van der Waals surface area (Å²) in [6.45, 7) is 1.99. The number of rotatable bonds is 1. The monoisotopic (exact) mass is 129 g/mol. The van der Waals surface area contributed by atoms with E-state index in [9.17, 15) is 0 Å². The lowest BCUT2D eigenvalue weighted by atomic mass is 10.4. The van der Waals surface area contributed by atoms with Crippen LogP contribution in [0.5, 0.6) is 5.75 Å². The molecule has 1 aromatic rings. The third-order valence-corrected chi connectivity index (χ3v) is 1.87. The fourth-order valence-corrected chi connectivity index (χ4v) is 1.06. The number of aromatic nitrogens is 1. The molecule has 0 bridgehead atoms. The van der Waals surface area contributed by atoms with Gasteiger partial charge in [0.15, 0.2) is 0 Å². The van der Waals surface area contributed by atoms with Gasteiger partial charge in [-0.15, -0.1) is 0 Å². The van der Waals surface area contributed by atoms with Crippen LogP contribution in [0, 0.1) is 0 Å². The van der Waals surface area contributed by atoms with Crippen LogP contribution in [0.25, 0.3) is 0 Å². The third-order valence-electron chi connectivity index (χ3n) is 0.945. The molecule has 0 aliphatic heterocycles. The van der Waals surface area contributed by atoms with E-state index in [1.54, 1.807) is 0 Å². The molecule has 0 aliphatic rings. The van der Waals surface area contributed by atoms with Crippen LogP contribution < -0.4 is 0 Å². The van der Waals surface area contributed by atoms with Gasteiger partial charge in [0.05, 0.1) is 11.1 Å². The number of aromatic hydroxyl groups is 1. The van der Waals surface area contributed by atoms with Gasteiger partial charge in [-0.25, -0.2) is 0 Å². The molecular weight excluding hydrogens is 122 g/mol. The van der Waals surface area contributed by atoms with Crippen LogP contribution >= 0.6 is 11.5 Å². The molecule has 0 saturated carbocycles. The van der Waals surface area contributed by atoms with Gasteiger partial charge in [0, 0.05) is 0 Å². The lowest BCUT2D eigenvalue weighted by Gasteiger charge is -1.84. The van der Waals surface area contributed by atoms with Crippen molar-refractivity contribution < 1.29 is 5.11 Å². The molecule has 8 heavy (non-hydrogen) atoms.